The topological polar surface area (TPSA) is 25.8 Å². The van der Waals surface area contributed by atoms with Crippen molar-refractivity contribution in [1.29, 1.82) is 0 Å². The van der Waals surface area contributed by atoms with Crippen LogP contribution in [0.5, 0.6) is 0 Å². The summed E-state index contributed by atoms with van der Waals surface area (Å²) in [5.74, 6) is 0. The van der Waals surface area contributed by atoms with E-state index in [0.29, 0.717) is 0 Å². The SMILES string of the molecule is c1ccc(-c2ccc(-c3cccc(-c4ccc(-c5ccccc5)cc4-c4ccc(-c5ccccn5)cc4)c3)c(-c3ccc(-c4ccccn4)cc3)c2)cc1. The quantitative estimate of drug-likeness (QED) is 0.159. The Bertz CT molecular complexity index is 2470. The summed E-state index contributed by atoms with van der Waals surface area (Å²) in [6.45, 7) is 0. The van der Waals surface area contributed by atoms with E-state index in [-0.39, 0.29) is 0 Å². The molecule has 2 aromatic heterocycles. The molecule has 254 valence electrons. The van der Waals surface area contributed by atoms with Crippen LogP contribution in [0.25, 0.3) is 89.3 Å². The second-order valence-corrected chi connectivity index (χ2v) is 13.4. The molecule has 0 N–H and O–H groups in total. The van der Waals surface area contributed by atoms with Crippen LogP contribution in [0.2, 0.25) is 0 Å². The highest BCUT2D eigenvalue weighted by molar-refractivity contribution is 5.92. The monoisotopic (exact) mass is 688 g/mol. The van der Waals surface area contributed by atoms with Crippen LogP contribution in [0.4, 0.5) is 0 Å². The molecule has 2 nitrogen and oxygen atoms in total. The number of hydrogen-bond donors (Lipinski definition) is 0. The minimum atomic E-state index is 0.968. The van der Waals surface area contributed by atoms with Crippen LogP contribution in [0, 0.1) is 0 Å². The average Bonchev–Trinajstić information content (AvgIpc) is 3.27. The molecular formula is C52H36N2. The highest BCUT2D eigenvalue weighted by Crippen LogP contribution is 2.41. The van der Waals surface area contributed by atoms with Gasteiger partial charge in [-0.05, 0) is 109 Å². The highest BCUT2D eigenvalue weighted by Gasteiger charge is 2.15. The van der Waals surface area contributed by atoms with Crippen molar-refractivity contribution in [2.75, 3.05) is 0 Å². The zero-order valence-corrected chi connectivity index (χ0v) is 29.7. The first-order valence-corrected chi connectivity index (χ1v) is 18.3. The molecule has 0 saturated carbocycles. The molecule has 0 unspecified atom stereocenters. The van der Waals surface area contributed by atoms with E-state index in [1.54, 1.807) is 0 Å². The molecule has 0 amide bonds. The Labute approximate surface area is 316 Å². The van der Waals surface area contributed by atoms with E-state index in [1.807, 2.05) is 36.7 Å². The van der Waals surface area contributed by atoms with Crippen LogP contribution in [-0.2, 0) is 0 Å². The van der Waals surface area contributed by atoms with Crippen molar-refractivity contribution in [2.24, 2.45) is 0 Å². The second-order valence-electron chi connectivity index (χ2n) is 13.4. The summed E-state index contributed by atoms with van der Waals surface area (Å²) >= 11 is 0. The molecule has 0 aliphatic carbocycles. The number of nitrogens with zero attached hydrogens (tertiary/aromatic N) is 2. The molecule has 0 aliphatic heterocycles. The molecule has 9 aromatic rings. The fraction of sp³-hybridized carbons (Fsp3) is 0. The molecule has 0 radical (unpaired) electrons. The average molecular weight is 689 g/mol. The summed E-state index contributed by atoms with van der Waals surface area (Å²) in [6, 6.07) is 73.5. The van der Waals surface area contributed by atoms with Gasteiger partial charge in [-0.15, -0.1) is 0 Å². The maximum Gasteiger partial charge on any atom is 0.0701 e. The van der Waals surface area contributed by atoms with E-state index in [0.717, 1.165) is 33.6 Å². The number of pyridine rings is 2. The minimum Gasteiger partial charge on any atom is -0.256 e. The molecule has 9 rings (SSSR count). The van der Waals surface area contributed by atoms with Crippen LogP contribution in [0.3, 0.4) is 0 Å². The van der Waals surface area contributed by atoms with E-state index in [4.69, 9.17) is 0 Å². The maximum absolute atomic E-state index is 4.58. The third kappa shape index (κ3) is 6.77. The van der Waals surface area contributed by atoms with Gasteiger partial charge < -0.3 is 0 Å². The van der Waals surface area contributed by atoms with Crippen molar-refractivity contribution < 1.29 is 0 Å². The molecule has 7 aromatic carbocycles. The molecule has 0 bridgehead atoms. The van der Waals surface area contributed by atoms with Crippen molar-refractivity contribution in [2.45, 2.75) is 0 Å². The smallest absolute Gasteiger partial charge is 0.0701 e. The second kappa shape index (κ2) is 14.8. The van der Waals surface area contributed by atoms with Gasteiger partial charge in [0, 0.05) is 23.5 Å². The first kappa shape index (κ1) is 32.7. The molecular weight excluding hydrogens is 653 g/mol. The van der Waals surface area contributed by atoms with Gasteiger partial charge in [0.25, 0.3) is 0 Å². The molecule has 54 heavy (non-hydrogen) atoms. The Morgan fingerprint density at radius 2 is 0.574 bits per heavy atom. The Morgan fingerprint density at radius 1 is 0.204 bits per heavy atom. The maximum atomic E-state index is 4.58. The molecule has 0 aliphatic rings. The van der Waals surface area contributed by atoms with Gasteiger partial charge >= 0.3 is 0 Å². The van der Waals surface area contributed by atoms with Crippen LogP contribution < -0.4 is 0 Å². The van der Waals surface area contributed by atoms with Crippen LogP contribution in [0.15, 0.2) is 219 Å². The van der Waals surface area contributed by atoms with Gasteiger partial charge in [-0.1, -0.05) is 164 Å². The van der Waals surface area contributed by atoms with Gasteiger partial charge in [0.15, 0.2) is 0 Å². The lowest BCUT2D eigenvalue weighted by Crippen LogP contribution is -1.91. The Kier molecular flexibility index (Phi) is 8.99. The number of rotatable bonds is 8. The zero-order valence-electron chi connectivity index (χ0n) is 29.7. The number of hydrogen-bond acceptors (Lipinski definition) is 2. The summed E-state index contributed by atoms with van der Waals surface area (Å²) in [6.07, 6.45) is 3.69. The predicted octanol–water partition coefficient (Wildman–Crippen LogP) is 13.8. The third-order valence-corrected chi connectivity index (χ3v) is 10.1. The molecule has 0 spiro atoms. The molecule has 2 heterocycles. The number of benzene rings is 7. The largest absolute Gasteiger partial charge is 0.256 e. The summed E-state index contributed by atoms with van der Waals surface area (Å²) in [7, 11) is 0. The van der Waals surface area contributed by atoms with E-state index in [2.05, 4.69) is 192 Å². The van der Waals surface area contributed by atoms with Crippen LogP contribution >= 0.6 is 0 Å². The van der Waals surface area contributed by atoms with E-state index in [1.165, 1.54) is 55.6 Å². The van der Waals surface area contributed by atoms with Gasteiger partial charge in [-0.2, -0.15) is 0 Å². The lowest BCUT2D eigenvalue weighted by molar-refractivity contribution is 1.33. The highest BCUT2D eigenvalue weighted by atomic mass is 14.7. The normalized spacial score (nSPS) is 11.0. The fourth-order valence-electron chi connectivity index (χ4n) is 7.25. The summed E-state index contributed by atoms with van der Waals surface area (Å²) < 4.78 is 0. The van der Waals surface area contributed by atoms with Crippen molar-refractivity contribution in [3.05, 3.63) is 219 Å². The summed E-state index contributed by atoms with van der Waals surface area (Å²) in [5, 5.41) is 0. The van der Waals surface area contributed by atoms with Gasteiger partial charge in [0.05, 0.1) is 11.4 Å². The van der Waals surface area contributed by atoms with Gasteiger partial charge in [0.1, 0.15) is 0 Å². The summed E-state index contributed by atoms with van der Waals surface area (Å²) in [4.78, 5) is 9.15. The van der Waals surface area contributed by atoms with Gasteiger partial charge in [-0.3, -0.25) is 9.97 Å². The molecule has 0 fully saturated rings. The minimum absolute atomic E-state index is 0.968. The van der Waals surface area contributed by atoms with E-state index < -0.39 is 0 Å². The fourth-order valence-corrected chi connectivity index (χ4v) is 7.25. The number of aromatic nitrogens is 2. The molecule has 0 saturated heterocycles. The van der Waals surface area contributed by atoms with Gasteiger partial charge in [0.2, 0.25) is 0 Å². The lowest BCUT2D eigenvalue weighted by atomic mass is 9.87. The third-order valence-electron chi connectivity index (χ3n) is 10.1. The van der Waals surface area contributed by atoms with E-state index >= 15 is 0 Å². The first-order chi connectivity index (χ1) is 26.8. The summed E-state index contributed by atoms with van der Waals surface area (Å²) in [5.41, 5.74) is 18.3. The van der Waals surface area contributed by atoms with Crippen LogP contribution in [-0.4, -0.2) is 9.97 Å². The van der Waals surface area contributed by atoms with Crippen molar-refractivity contribution in [1.82, 2.24) is 9.97 Å². The molecule has 2 heteroatoms. The van der Waals surface area contributed by atoms with Gasteiger partial charge in [-0.25, -0.2) is 0 Å². The Morgan fingerprint density at radius 3 is 0.981 bits per heavy atom. The zero-order chi connectivity index (χ0) is 36.1. The Balaban J connectivity index is 1.16. The lowest BCUT2D eigenvalue weighted by Gasteiger charge is -2.17. The standard InChI is InChI=1S/C52H36N2/c1-3-12-37(13-4-1)43-28-30-47(49(35-43)39-20-24-41(25-21-39)51-18-7-9-32-53-51)45-16-11-17-46(34-45)48-31-29-44(38-14-5-2-6-15-38)36-50(48)40-22-26-42(27-23-40)52-19-8-10-33-54-52/h1-36H. The predicted molar refractivity (Wildman–Crippen MR) is 226 cm³/mol. The first-order valence-electron chi connectivity index (χ1n) is 18.3. The van der Waals surface area contributed by atoms with Crippen molar-refractivity contribution in [3.63, 3.8) is 0 Å². The van der Waals surface area contributed by atoms with E-state index in [9.17, 15) is 0 Å². The van der Waals surface area contributed by atoms with Crippen molar-refractivity contribution in [3.8, 4) is 89.3 Å². The molecule has 0 atom stereocenters. The Hall–Kier alpha value is -7.16. The van der Waals surface area contributed by atoms with Crippen molar-refractivity contribution >= 4 is 0 Å². The van der Waals surface area contributed by atoms with Crippen LogP contribution in [0.1, 0.15) is 0 Å².